The molecular weight excluding hydrogens is 222 g/mol. The SMILES string of the molecule is CCCCC1(c2cccc(O)c2)CCCCNC1. The standard InChI is InChI=1S/C16H25NO/c1-2-3-9-16(10-4-5-11-17-13-16)14-7-6-8-15(18)12-14/h6-8,12,17-18H,2-5,9-11,13H2,1H3. The van der Waals surface area contributed by atoms with Gasteiger partial charge in [0.15, 0.2) is 0 Å². The summed E-state index contributed by atoms with van der Waals surface area (Å²) in [5, 5.41) is 13.3. The second-order valence-electron chi connectivity index (χ2n) is 5.57. The van der Waals surface area contributed by atoms with Gasteiger partial charge in [-0.25, -0.2) is 0 Å². The number of unbranched alkanes of at least 4 members (excludes halogenated alkanes) is 1. The Kier molecular flexibility index (Phi) is 4.65. The molecule has 0 amide bonds. The van der Waals surface area contributed by atoms with Crippen molar-refractivity contribution in [3.8, 4) is 5.75 Å². The summed E-state index contributed by atoms with van der Waals surface area (Å²) in [7, 11) is 0. The van der Waals surface area contributed by atoms with Gasteiger partial charge >= 0.3 is 0 Å². The van der Waals surface area contributed by atoms with E-state index in [0.717, 1.165) is 13.1 Å². The van der Waals surface area contributed by atoms with Gasteiger partial charge in [0.05, 0.1) is 0 Å². The van der Waals surface area contributed by atoms with Crippen molar-refractivity contribution in [2.75, 3.05) is 13.1 Å². The predicted molar refractivity (Wildman–Crippen MR) is 76.0 cm³/mol. The molecule has 1 aromatic carbocycles. The van der Waals surface area contributed by atoms with Crippen LogP contribution in [-0.2, 0) is 5.41 Å². The Hall–Kier alpha value is -1.02. The van der Waals surface area contributed by atoms with Crippen LogP contribution in [0.4, 0.5) is 0 Å². The minimum absolute atomic E-state index is 0.227. The molecule has 0 saturated carbocycles. The van der Waals surface area contributed by atoms with Crippen LogP contribution in [0.15, 0.2) is 24.3 Å². The highest BCUT2D eigenvalue weighted by atomic mass is 16.3. The molecule has 2 heteroatoms. The summed E-state index contributed by atoms with van der Waals surface area (Å²) in [5.41, 5.74) is 1.54. The van der Waals surface area contributed by atoms with E-state index in [4.69, 9.17) is 0 Å². The lowest BCUT2D eigenvalue weighted by Gasteiger charge is -2.33. The molecule has 1 saturated heterocycles. The Morgan fingerprint density at radius 2 is 2.22 bits per heavy atom. The van der Waals surface area contributed by atoms with Crippen LogP contribution in [0.25, 0.3) is 0 Å². The summed E-state index contributed by atoms with van der Waals surface area (Å²) in [6.45, 7) is 4.43. The monoisotopic (exact) mass is 247 g/mol. The van der Waals surface area contributed by atoms with Gasteiger partial charge in [-0.3, -0.25) is 0 Å². The number of phenols is 1. The zero-order valence-electron chi connectivity index (χ0n) is 11.4. The molecule has 1 fully saturated rings. The summed E-state index contributed by atoms with van der Waals surface area (Å²) in [5.74, 6) is 0.396. The molecule has 0 bridgehead atoms. The summed E-state index contributed by atoms with van der Waals surface area (Å²) in [6.07, 6.45) is 7.51. The van der Waals surface area contributed by atoms with Gasteiger partial charge in [-0.05, 0) is 43.5 Å². The number of benzene rings is 1. The van der Waals surface area contributed by atoms with E-state index in [1.54, 1.807) is 6.07 Å². The van der Waals surface area contributed by atoms with E-state index >= 15 is 0 Å². The van der Waals surface area contributed by atoms with E-state index in [-0.39, 0.29) is 5.41 Å². The van der Waals surface area contributed by atoms with E-state index in [0.29, 0.717) is 5.75 Å². The van der Waals surface area contributed by atoms with Crippen molar-refractivity contribution in [1.29, 1.82) is 0 Å². The normalized spacial score (nSPS) is 24.7. The van der Waals surface area contributed by atoms with Crippen molar-refractivity contribution in [3.63, 3.8) is 0 Å². The van der Waals surface area contributed by atoms with Gasteiger partial charge in [0.25, 0.3) is 0 Å². The maximum atomic E-state index is 9.73. The smallest absolute Gasteiger partial charge is 0.115 e. The van der Waals surface area contributed by atoms with Crippen LogP contribution < -0.4 is 5.32 Å². The van der Waals surface area contributed by atoms with Gasteiger partial charge in [0.2, 0.25) is 0 Å². The highest BCUT2D eigenvalue weighted by Crippen LogP contribution is 2.37. The predicted octanol–water partition coefficient (Wildman–Crippen LogP) is 3.59. The number of phenolic OH excluding ortho intramolecular Hbond substituents is 1. The van der Waals surface area contributed by atoms with Gasteiger partial charge in [-0.15, -0.1) is 0 Å². The Morgan fingerprint density at radius 1 is 1.33 bits per heavy atom. The fourth-order valence-corrected chi connectivity index (χ4v) is 3.08. The topological polar surface area (TPSA) is 32.3 Å². The molecule has 2 nitrogen and oxygen atoms in total. The number of aromatic hydroxyl groups is 1. The zero-order chi connectivity index (χ0) is 12.8. The maximum Gasteiger partial charge on any atom is 0.115 e. The third kappa shape index (κ3) is 3.05. The fourth-order valence-electron chi connectivity index (χ4n) is 3.08. The molecule has 1 atom stereocenters. The summed E-state index contributed by atoms with van der Waals surface area (Å²) in [4.78, 5) is 0. The molecule has 1 aliphatic heterocycles. The third-order valence-corrected chi connectivity index (χ3v) is 4.19. The van der Waals surface area contributed by atoms with Gasteiger partial charge in [-0.1, -0.05) is 38.3 Å². The molecule has 1 aliphatic rings. The van der Waals surface area contributed by atoms with E-state index < -0.39 is 0 Å². The van der Waals surface area contributed by atoms with Crippen molar-refractivity contribution in [1.82, 2.24) is 5.32 Å². The molecular formula is C16H25NO. The fraction of sp³-hybridized carbons (Fsp3) is 0.625. The minimum Gasteiger partial charge on any atom is -0.508 e. The van der Waals surface area contributed by atoms with Crippen molar-refractivity contribution in [3.05, 3.63) is 29.8 Å². The first-order chi connectivity index (χ1) is 8.77. The van der Waals surface area contributed by atoms with Gasteiger partial charge < -0.3 is 10.4 Å². The Labute approximate surface area is 110 Å². The molecule has 2 N–H and O–H groups in total. The second kappa shape index (κ2) is 6.24. The van der Waals surface area contributed by atoms with Crippen LogP contribution in [0, 0.1) is 0 Å². The number of nitrogens with one attached hydrogen (secondary N) is 1. The zero-order valence-corrected chi connectivity index (χ0v) is 11.4. The van der Waals surface area contributed by atoms with E-state index in [1.165, 1.54) is 44.1 Å². The number of hydrogen-bond donors (Lipinski definition) is 2. The highest BCUT2D eigenvalue weighted by Gasteiger charge is 2.32. The molecule has 0 radical (unpaired) electrons. The highest BCUT2D eigenvalue weighted by molar-refractivity contribution is 5.33. The molecule has 0 spiro atoms. The Bertz CT molecular complexity index is 367. The van der Waals surface area contributed by atoms with Gasteiger partial charge in [-0.2, -0.15) is 0 Å². The lowest BCUT2D eigenvalue weighted by molar-refractivity contribution is 0.348. The Morgan fingerprint density at radius 3 is 3.00 bits per heavy atom. The average molecular weight is 247 g/mol. The second-order valence-corrected chi connectivity index (χ2v) is 5.57. The van der Waals surface area contributed by atoms with Crippen LogP contribution >= 0.6 is 0 Å². The van der Waals surface area contributed by atoms with Crippen molar-refractivity contribution in [2.45, 2.75) is 50.9 Å². The maximum absolute atomic E-state index is 9.73. The Balaban J connectivity index is 2.27. The van der Waals surface area contributed by atoms with Gasteiger partial charge in [0, 0.05) is 12.0 Å². The summed E-state index contributed by atoms with van der Waals surface area (Å²) < 4.78 is 0. The van der Waals surface area contributed by atoms with Crippen LogP contribution in [0.2, 0.25) is 0 Å². The first-order valence-corrected chi connectivity index (χ1v) is 7.27. The van der Waals surface area contributed by atoms with Crippen LogP contribution in [0.5, 0.6) is 5.75 Å². The minimum atomic E-state index is 0.227. The molecule has 1 heterocycles. The van der Waals surface area contributed by atoms with Gasteiger partial charge in [0.1, 0.15) is 5.75 Å². The average Bonchev–Trinajstić information content (AvgIpc) is 2.63. The molecule has 0 aliphatic carbocycles. The molecule has 0 aromatic heterocycles. The first kappa shape index (κ1) is 13.4. The summed E-state index contributed by atoms with van der Waals surface area (Å²) >= 11 is 0. The van der Waals surface area contributed by atoms with E-state index in [2.05, 4.69) is 18.3 Å². The largest absolute Gasteiger partial charge is 0.508 e. The van der Waals surface area contributed by atoms with E-state index in [1.807, 2.05) is 12.1 Å². The lowest BCUT2D eigenvalue weighted by Crippen LogP contribution is -2.36. The van der Waals surface area contributed by atoms with E-state index in [9.17, 15) is 5.11 Å². The number of rotatable bonds is 4. The van der Waals surface area contributed by atoms with Crippen molar-refractivity contribution >= 4 is 0 Å². The quantitative estimate of drug-likeness (QED) is 0.852. The van der Waals surface area contributed by atoms with Crippen LogP contribution in [-0.4, -0.2) is 18.2 Å². The van der Waals surface area contributed by atoms with Crippen molar-refractivity contribution in [2.24, 2.45) is 0 Å². The van der Waals surface area contributed by atoms with Crippen LogP contribution in [0.1, 0.15) is 51.0 Å². The lowest BCUT2D eigenvalue weighted by atomic mass is 9.73. The summed E-state index contributed by atoms with van der Waals surface area (Å²) in [6, 6.07) is 7.88. The van der Waals surface area contributed by atoms with Crippen LogP contribution in [0.3, 0.4) is 0 Å². The first-order valence-electron chi connectivity index (χ1n) is 7.27. The molecule has 1 aromatic rings. The molecule has 100 valence electrons. The molecule has 2 rings (SSSR count). The molecule has 18 heavy (non-hydrogen) atoms. The number of hydrogen-bond acceptors (Lipinski definition) is 2. The molecule has 1 unspecified atom stereocenters. The third-order valence-electron chi connectivity index (χ3n) is 4.19. The van der Waals surface area contributed by atoms with Crippen molar-refractivity contribution < 1.29 is 5.11 Å².